The molecule has 1 atom stereocenters. The van der Waals surface area contributed by atoms with Gasteiger partial charge in [-0.15, -0.1) is 0 Å². The van der Waals surface area contributed by atoms with E-state index < -0.39 is 0 Å². The summed E-state index contributed by atoms with van der Waals surface area (Å²) in [6, 6.07) is 16.9. The first-order chi connectivity index (χ1) is 10.8. The third-order valence-electron chi connectivity index (χ3n) is 4.02. The van der Waals surface area contributed by atoms with Crippen LogP contribution in [-0.4, -0.2) is 26.3 Å². The Balaban J connectivity index is 1.45. The Morgan fingerprint density at radius 3 is 2.59 bits per heavy atom. The molecule has 3 nitrogen and oxygen atoms in total. The highest BCUT2D eigenvalue weighted by atomic mass is 16.6. The first kappa shape index (κ1) is 14.9. The Hall–Kier alpha value is -2.00. The normalized spacial score (nSPS) is 14.6. The molecule has 0 fully saturated rings. The number of benzene rings is 2. The van der Waals surface area contributed by atoms with Crippen LogP contribution in [0.2, 0.25) is 0 Å². The summed E-state index contributed by atoms with van der Waals surface area (Å²) in [5.41, 5.74) is 2.67. The van der Waals surface area contributed by atoms with Crippen LogP contribution in [-0.2, 0) is 6.42 Å². The van der Waals surface area contributed by atoms with Crippen LogP contribution in [0.1, 0.15) is 24.0 Å². The molecule has 0 spiro atoms. The summed E-state index contributed by atoms with van der Waals surface area (Å²) >= 11 is 0. The summed E-state index contributed by atoms with van der Waals surface area (Å²) in [6.45, 7) is 5.51. The van der Waals surface area contributed by atoms with Crippen molar-refractivity contribution in [2.45, 2.75) is 19.3 Å². The van der Waals surface area contributed by atoms with Crippen LogP contribution < -0.4 is 14.8 Å². The standard InChI is InChI=1S/C19H23NO2/c1-15(17-5-3-2-4-6-17)14-20-10-9-16-7-8-18-19(13-16)22-12-11-21-18/h2-8,13,15,20H,9-12,14H2,1H3. The molecule has 1 heterocycles. The van der Waals surface area contributed by atoms with Crippen molar-refractivity contribution < 1.29 is 9.47 Å². The lowest BCUT2D eigenvalue weighted by Gasteiger charge is -2.19. The third-order valence-corrected chi connectivity index (χ3v) is 4.02. The Kier molecular flexibility index (Phi) is 4.96. The monoisotopic (exact) mass is 297 g/mol. The van der Waals surface area contributed by atoms with E-state index in [4.69, 9.17) is 9.47 Å². The Morgan fingerprint density at radius 2 is 1.77 bits per heavy atom. The van der Waals surface area contributed by atoms with Crippen LogP contribution >= 0.6 is 0 Å². The maximum atomic E-state index is 5.62. The van der Waals surface area contributed by atoms with Crippen LogP contribution in [0.5, 0.6) is 11.5 Å². The van der Waals surface area contributed by atoms with Crippen molar-refractivity contribution in [1.82, 2.24) is 5.32 Å². The van der Waals surface area contributed by atoms with E-state index in [9.17, 15) is 0 Å². The molecule has 1 N–H and O–H groups in total. The van der Waals surface area contributed by atoms with Crippen LogP contribution in [0, 0.1) is 0 Å². The zero-order chi connectivity index (χ0) is 15.2. The van der Waals surface area contributed by atoms with E-state index in [2.05, 4.69) is 54.7 Å². The van der Waals surface area contributed by atoms with Gasteiger partial charge >= 0.3 is 0 Å². The molecule has 0 bridgehead atoms. The molecular formula is C19H23NO2. The maximum Gasteiger partial charge on any atom is 0.161 e. The highest BCUT2D eigenvalue weighted by Gasteiger charge is 2.11. The molecule has 0 aliphatic carbocycles. The van der Waals surface area contributed by atoms with Crippen molar-refractivity contribution in [3.8, 4) is 11.5 Å². The predicted molar refractivity (Wildman–Crippen MR) is 88.9 cm³/mol. The largest absolute Gasteiger partial charge is 0.486 e. The van der Waals surface area contributed by atoms with E-state index in [0.717, 1.165) is 31.0 Å². The third kappa shape index (κ3) is 3.80. The summed E-state index contributed by atoms with van der Waals surface area (Å²) in [4.78, 5) is 0. The fourth-order valence-corrected chi connectivity index (χ4v) is 2.69. The van der Waals surface area contributed by atoms with Gasteiger partial charge in [0.15, 0.2) is 11.5 Å². The average Bonchev–Trinajstić information content (AvgIpc) is 2.59. The molecule has 0 amide bonds. The highest BCUT2D eigenvalue weighted by molar-refractivity contribution is 5.43. The quantitative estimate of drug-likeness (QED) is 0.829. The van der Waals surface area contributed by atoms with Gasteiger partial charge in [-0.2, -0.15) is 0 Å². The average molecular weight is 297 g/mol. The number of hydrogen-bond donors (Lipinski definition) is 1. The van der Waals surface area contributed by atoms with Gasteiger partial charge in [-0.3, -0.25) is 0 Å². The number of hydrogen-bond acceptors (Lipinski definition) is 3. The first-order valence-corrected chi connectivity index (χ1v) is 7.97. The minimum Gasteiger partial charge on any atom is -0.486 e. The molecule has 0 saturated heterocycles. The molecule has 0 aromatic heterocycles. The SMILES string of the molecule is CC(CNCCc1ccc2c(c1)OCCO2)c1ccccc1. The van der Waals surface area contributed by atoms with Crippen LogP contribution in [0.3, 0.4) is 0 Å². The van der Waals surface area contributed by atoms with E-state index in [0.29, 0.717) is 19.1 Å². The van der Waals surface area contributed by atoms with Crippen molar-refractivity contribution in [2.24, 2.45) is 0 Å². The zero-order valence-corrected chi connectivity index (χ0v) is 13.0. The molecule has 0 radical (unpaired) electrons. The summed E-state index contributed by atoms with van der Waals surface area (Å²) < 4.78 is 11.2. The highest BCUT2D eigenvalue weighted by Crippen LogP contribution is 2.30. The van der Waals surface area contributed by atoms with Gasteiger partial charge in [0.05, 0.1) is 0 Å². The molecule has 1 aliphatic rings. The zero-order valence-electron chi connectivity index (χ0n) is 13.0. The first-order valence-electron chi connectivity index (χ1n) is 7.97. The second-order valence-corrected chi connectivity index (χ2v) is 5.74. The van der Waals surface area contributed by atoms with Gasteiger partial charge in [0.1, 0.15) is 13.2 Å². The summed E-state index contributed by atoms with van der Waals surface area (Å²) in [5.74, 6) is 2.27. The fourth-order valence-electron chi connectivity index (χ4n) is 2.69. The van der Waals surface area contributed by atoms with Crippen LogP contribution in [0.25, 0.3) is 0 Å². The lowest BCUT2D eigenvalue weighted by atomic mass is 10.0. The summed E-state index contributed by atoms with van der Waals surface area (Å²) in [6.07, 6.45) is 0.998. The maximum absolute atomic E-state index is 5.62. The lowest BCUT2D eigenvalue weighted by molar-refractivity contribution is 0.171. The van der Waals surface area contributed by atoms with Crippen molar-refractivity contribution in [1.29, 1.82) is 0 Å². The molecular weight excluding hydrogens is 274 g/mol. The molecule has 1 unspecified atom stereocenters. The molecule has 0 saturated carbocycles. The van der Waals surface area contributed by atoms with E-state index in [1.165, 1.54) is 11.1 Å². The predicted octanol–water partition coefficient (Wildman–Crippen LogP) is 3.39. The Morgan fingerprint density at radius 1 is 1.00 bits per heavy atom. The van der Waals surface area contributed by atoms with Crippen molar-refractivity contribution in [2.75, 3.05) is 26.3 Å². The van der Waals surface area contributed by atoms with Gasteiger partial charge in [-0.05, 0) is 42.1 Å². The van der Waals surface area contributed by atoms with Gasteiger partial charge in [-0.25, -0.2) is 0 Å². The molecule has 2 aromatic rings. The van der Waals surface area contributed by atoms with Crippen molar-refractivity contribution >= 4 is 0 Å². The molecule has 1 aliphatic heterocycles. The minimum atomic E-state index is 0.529. The molecule has 22 heavy (non-hydrogen) atoms. The number of fused-ring (bicyclic) bond motifs is 1. The van der Waals surface area contributed by atoms with Gasteiger partial charge in [0, 0.05) is 6.54 Å². The summed E-state index contributed by atoms with van der Waals surface area (Å²) in [7, 11) is 0. The number of nitrogens with one attached hydrogen (secondary N) is 1. The lowest BCUT2D eigenvalue weighted by Crippen LogP contribution is -2.22. The number of rotatable bonds is 6. The topological polar surface area (TPSA) is 30.5 Å². The molecule has 2 aromatic carbocycles. The fraction of sp³-hybridized carbons (Fsp3) is 0.368. The van der Waals surface area contributed by atoms with Gasteiger partial charge < -0.3 is 14.8 Å². The molecule has 3 rings (SSSR count). The van der Waals surface area contributed by atoms with E-state index in [-0.39, 0.29) is 0 Å². The van der Waals surface area contributed by atoms with Gasteiger partial charge in [0.25, 0.3) is 0 Å². The van der Waals surface area contributed by atoms with E-state index in [1.54, 1.807) is 0 Å². The van der Waals surface area contributed by atoms with Gasteiger partial charge in [-0.1, -0.05) is 43.3 Å². The Labute approximate surface area is 132 Å². The second kappa shape index (κ2) is 7.32. The van der Waals surface area contributed by atoms with Gasteiger partial charge in [0.2, 0.25) is 0 Å². The molecule has 3 heteroatoms. The summed E-state index contributed by atoms with van der Waals surface area (Å²) in [5, 5.41) is 3.54. The minimum absolute atomic E-state index is 0.529. The van der Waals surface area contributed by atoms with E-state index in [1.807, 2.05) is 6.07 Å². The Bertz CT molecular complexity index is 598. The second-order valence-electron chi connectivity index (χ2n) is 5.74. The van der Waals surface area contributed by atoms with Crippen molar-refractivity contribution in [3.63, 3.8) is 0 Å². The number of ether oxygens (including phenoxy) is 2. The van der Waals surface area contributed by atoms with E-state index >= 15 is 0 Å². The molecule has 116 valence electrons. The smallest absolute Gasteiger partial charge is 0.161 e. The van der Waals surface area contributed by atoms with Crippen LogP contribution in [0.15, 0.2) is 48.5 Å². The van der Waals surface area contributed by atoms with Crippen molar-refractivity contribution in [3.05, 3.63) is 59.7 Å². The van der Waals surface area contributed by atoms with Crippen LogP contribution in [0.4, 0.5) is 0 Å².